The Morgan fingerprint density at radius 3 is 2.57 bits per heavy atom. The molecule has 0 aliphatic heterocycles. The van der Waals surface area contributed by atoms with Crippen molar-refractivity contribution in [2.45, 2.75) is 24.3 Å². The maximum absolute atomic E-state index is 12.9. The largest absolute Gasteiger partial charge is 0.344 e. The number of halogens is 1. The van der Waals surface area contributed by atoms with E-state index in [1.54, 1.807) is 13.1 Å². The van der Waals surface area contributed by atoms with Crippen LogP contribution in [-0.4, -0.2) is 30.7 Å². The first kappa shape index (κ1) is 22.2. The molecule has 30 heavy (non-hydrogen) atoms. The summed E-state index contributed by atoms with van der Waals surface area (Å²) in [5.41, 5.74) is 2.34. The fraction of sp³-hybridized carbons (Fsp3) is 0.238. The monoisotopic (exact) mass is 490 g/mol. The number of aromatic nitrogens is 2. The zero-order chi connectivity index (χ0) is 21.7. The van der Waals surface area contributed by atoms with E-state index in [-0.39, 0.29) is 17.3 Å². The first-order chi connectivity index (χ1) is 14.3. The molecule has 0 aliphatic carbocycles. The summed E-state index contributed by atoms with van der Waals surface area (Å²) in [6.45, 7) is 2.02. The number of amides is 1. The molecule has 0 bridgehead atoms. The second-order valence-electron chi connectivity index (χ2n) is 6.80. The smallest absolute Gasteiger partial charge is 0.251 e. The van der Waals surface area contributed by atoms with Crippen molar-refractivity contribution in [3.05, 3.63) is 82.1 Å². The molecule has 7 nitrogen and oxygen atoms in total. The van der Waals surface area contributed by atoms with Gasteiger partial charge in [0.05, 0.1) is 12.2 Å². The molecule has 1 aromatic heterocycles. The van der Waals surface area contributed by atoms with Crippen LogP contribution in [0.5, 0.6) is 0 Å². The first-order valence-electron chi connectivity index (χ1n) is 9.42. The van der Waals surface area contributed by atoms with Crippen molar-refractivity contribution in [2.75, 3.05) is 6.54 Å². The van der Waals surface area contributed by atoms with Crippen LogP contribution in [0.4, 0.5) is 0 Å². The summed E-state index contributed by atoms with van der Waals surface area (Å²) in [5, 5.41) is 6.85. The number of sulfonamides is 1. The summed E-state index contributed by atoms with van der Waals surface area (Å²) >= 11 is 3.48. The van der Waals surface area contributed by atoms with E-state index >= 15 is 0 Å². The fourth-order valence-electron chi connectivity index (χ4n) is 2.98. The molecule has 3 rings (SSSR count). The first-order valence-corrected chi connectivity index (χ1v) is 11.7. The lowest BCUT2D eigenvalue weighted by Gasteiger charge is -2.20. The molecule has 1 heterocycles. The lowest BCUT2D eigenvalue weighted by Crippen LogP contribution is -2.37. The van der Waals surface area contributed by atoms with Crippen LogP contribution in [0.3, 0.4) is 0 Å². The van der Waals surface area contributed by atoms with E-state index in [0.29, 0.717) is 5.56 Å². The second-order valence-corrected chi connectivity index (χ2v) is 9.42. The second kappa shape index (κ2) is 9.55. The third kappa shape index (κ3) is 5.35. The van der Waals surface area contributed by atoms with E-state index in [2.05, 4.69) is 31.1 Å². The van der Waals surface area contributed by atoms with Crippen LogP contribution in [0, 0.1) is 0 Å². The Bertz CT molecular complexity index is 1130. The number of rotatable bonds is 8. The van der Waals surface area contributed by atoms with E-state index in [1.165, 1.54) is 17.1 Å². The van der Waals surface area contributed by atoms with Gasteiger partial charge in [-0.15, -0.1) is 0 Å². The summed E-state index contributed by atoms with van der Waals surface area (Å²) in [7, 11) is -2.10. The predicted molar refractivity (Wildman–Crippen MR) is 119 cm³/mol. The van der Waals surface area contributed by atoms with E-state index < -0.39 is 16.1 Å². The van der Waals surface area contributed by atoms with E-state index in [4.69, 9.17) is 0 Å². The molecular weight excluding hydrogens is 468 g/mol. The molecule has 3 aromatic rings. The number of nitrogens with zero attached hydrogens (tertiary/aromatic N) is 2. The third-order valence-corrected chi connectivity index (χ3v) is 6.82. The minimum absolute atomic E-state index is 0.00411. The van der Waals surface area contributed by atoms with Gasteiger partial charge in [0.15, 0.2) is 0 Å². The molecule has 0 fully saturated rings. The van der Waals surface area contributed by atoms with Gasteiger partial charge in [0, 0.05) is 29.8 Å². The molecule has 0 aliphatic rings. The molecule has 0 saturated heterocycles. The van der Waals surface area contributed by atoms with Gasteiger partial charge >= 0.3 is 0 Å². The topological polar surface area (TPSA) is 93.1 Å². The van der Waals surface area contributed by atoms with Crippen LogP contribution in [0.1, 0.15) is 34.5 Å². The quantitative estimate of drug-likeness (QED) is 0.506. The van der Waals surface area contributed by atoms with Crippen molar-refractivity contribution in [2.24, 2.45) is 7.05 Å². The molecule has 9 heteroatoms. The number of hydrogen-bond acceptors (Lipinski definition) is 4. The molecule has 0 spiro atoms. The maximum Gasteiger partial charge on any atom is 0.251 e. The molecule has 158 valence electrons. The van der Waals surface area contributed by atoms with Crippen molar-refractivity contribution < 1.29 is 13.2 Å². The van der Waals surface area contributed by atoms with Crippen molar-refractivity contribution in [1.29, 1.82) is 0 Å². The van der Waals surface area contributed by atoms with Crippen LogP contribution in [0.25, 0.3) is 0 Å². The van der Waals surface area contributed by atoms with Gasteiger partial charge in [-0.05, 0) is 35.7 Å². The SMILES string of the molecule is CCc1cc(C(=O)NC(CNS(=O)(=O)c2cnn(C)c2)c2ccccc2)ccc1Br. The highest BCUT2D eigenvalue weighted by Crippen LogP contribution is 2.20. The van der Waals surface area contributed by atoms with E-state index in [0.717, 1.165) is 22.0 Å². The van der Waals surface area contributed by atoms with Gasteiger partial charge in [-0.3, -0.25) is 9.48 Å². The Morgan fingerprint density at radius 2 is 1.93 bits per heavy atom. The minimum Gasteiger partial charge on any atom is -0.344 e. The van der Waals surface area contributed by atoms with Gasteiger partial charge in [0.1, 0.15) is 4.90 Å². The highest BCUT2D eigenvalue weighted by atomic mass is 79.9. The Kier molecular flexibility index (Phi) is 7.06. The molecule has 0 radical (unpaired) electrons. The van der Waals surface area contributed by atoms with Crippen molar-refractivity contribution in [3.63, 3.8) is 0 Å². The average molecular weight is 491 g/mol. The molecule has 0 saturated carbocycles. The van der Waals surface area contributed by atoms with Crippen molar-refractivity contribution >= 4 is 31.9 Å². The summed E-state index contributed by atoms with van der Waals surface area (Å²) in [5.74, 6) is -0.272. The van der Waals surface area contributed by atoms with Gasteiger partial charge in [-0.25, -0.2) is 13.1 Å². The number of aryl methyl sites for hydroxylation is 2. The van der Waals surface area contributed by atoms with Crippen LogP contribution < -0.4 is 10.0 Å². The molecular formula is C21H23BrN4O3S. The lowest BCUT2D eigenvalue weighted by atomic mass is 10.1. The molecule has 1 unspecified atom stereocenters. The summed E-state index contributed by atoms with van der Waals surface area (Å²) in [6.07, 6.45) is 3.49. The average Bonchev–Trinajstić information content (AvgIpc) is 3.19. The summed E-state index contributed by atoms with van der Waals surface area (Å²) in [6, 6.07) is 14.1. The molecule has 1 atom stereocenters. The third-order valence-electron chi connectivity index (χ3n) is 4.67. The number of hydrogen-bond donors (Lipinski definition) is 2. The standard InChI is InChI=1S/C21H23BrN4O3S/c1-3-15-11-17(9-10-19(15)22)21(27)25-20(16-7-5-4-6-8-16)13-24-30(28,29)18-12-23-26(2)14-18/h4-12,14,20,24H,3,13H2,1-2H3,(H,25,27). The van der Waals surface area contributed by atoms with E-state index in [9.17, 15) is 13.2 Å². The molecule has 1 amide bonds. The zero-order valence-electron chi connectivity index (χ0n) is 16.7. The maximum atomic E-state index is 12.9. The number of carbonyl (C=O) groups excluding carboxylic acids is 1. The Balaban J connectivity index is 1.80. The van der Waals surface area contributed by atoms with Gasteiger partial charge in [-0.2, -0.15) is 5.10 Å². The zero-order valence-corrected chi connectivity index (χ0v) is 19.1. The van der Waals surface area contributed by atoms with Gasteiger partial charge < -0.3 is 5.32 Å². The molecule has 2 N–H and O–H groups in total. The van der Waals surface area contributed by atoms with Gasteiger partial charge in [0.25, 0.3) is 5.91 Å². The van der Waals surface area contributed by atoms with Gasteiger partial charge in [0.2, 0.25) is 10.0 Å². The van der Waals surface area contributed by atoms with Crippen molar-refractivity contribution in [1.82, 2.24) is 19.8 Å². The lowest BCUT2D eigenvalue weighted by molar-refractivity contribution is 0.0937. The Labute approximate surface area is 184 Å². The van der Waals surface area contributed by atoms with Crippen LogP contribution >= 0.6 is 15.9 Å². The Hall–Kier alpha value is -2.49. The predicted octanol–water partition coefficient (Wildman–Crippen LogP) is 3.19. The number of carbonyl (C=O) groups is 1. The van der Waals surface area contributed by atoms with Crippen LogP contribution in [0.2, 0.25) is 0 Å². The van der Waals surface area contributed by atoms with Crippen molar-refractivity contribution in [3.8, 4) is 0 Å². The minimum atomic E-state index is -3.75. The number of benzene rings is 2. The highest BCUT2D eigenvalue weighted by molar-refractivity contribution is 9.10. The van der Waals surface area contributed by atoms with Gasteiger partial charge in [-0.1, -0.05) is 53.2 Å². The fourth-order valence-corrected chi connectivity index (χ4v) is 4.54. The number of nitrogens with one attached hydrogen (secondary N) is 2. The summed E-state index contributed by atoms with van der Waals surface area (Å²) in [4.78, 5) is 13.0. The normalized spacial score (nSPS) is 12.5. The molecule has 2 aromatic carbocycles. The van der Waals surface area contributed by atoms with E-state index in [1.807, 2.05) is 49.4 Å². The summed E-state index contributed by atoms with van der Waals surface area (Å²) < 4.78 is 30.1. The van der Waals surface area contributed by atoms with Crippen LogP contribution in [0.15, 0.2) is 70.3 Å². The highest BCUT2D eigenvalue weighted by Gasteiger charge is 2.21. The van der Waals surface area contributed by atoms with Crippen LogP contribution in [-0.2, 0) is 23.5 Å². The Morgan fingerprint density at radius 1 is 1.20 bits per heavy atom.